The monoisotopic (exact) mass is 504 g/mol. The highest BCUT2D eigenvalue weighted by molar-refractivity contribution is 7.22. The van der Waals surface area contributed by atoms with Crippen molar-refractivity contribution in [3.63, 3.8) is 0 Å². The molecule has 1 fully saturated rings. The van der Waals surface area contributed by atoms with E-state index in [0.29, 0.717) is 32.8 Å². The van der Waals surface area contributed by atoms with Crippen LogP contribution in [0.3, 0.4) is 0 Å². The van der Waals surface area contributed by atoms with Gasteiger partial charge in [-0.15, -0.1) is 0 Å². The maximum atomic E-state index is 13.8. The molecule has 3 aromatic carbocycles. The lowest BCUT2D eigenvalue weighted by atomic mass is 9.94. The quantitative estimate of drug-likeness (QED) is 0.223. The van der Waals surface area contributed by atoms with E-state index in [1.165, 1.54) is 37.3 Å². The lowest BCUT2D eigenvalue weighted by molar-refractivity contribution is -0.132. The number of anilines is 1. The van der Waals surface area contributed by atoms with Crippen molar-refractivity contribution in [1.82, 2.24) is 4.98 Å². The molecule has 2 heterocycles. The van der Waals surface area contributed by atoms with Crippen LogP contribution >= 0.6 is 11.3 Å². The number of aliphatic hydroxyl groups is 1. The summed E-state index contributed by atoms with van der Waals surface area (Å²) >= 11 is 1.07. The van der Waals surface area contributed by atoms with Gasteiger partial charge in [-0.3, -0.25) is 14.5 Å². The minimum atomic E-state index is -1.07. The zero-order valence-electron chi connectivity index (χ0n) is 19.6. The molecular weight excluding hydrogens is 483 g/mol. The van der Waals surface area contributed by atoms with Gasteiger partial charge in [0, 0.05) is 11.1 Å². The van der Waals surface area contributed by atoms with Crippen molar-refractivity contribution in [2.45, 2.75) is 13.0 Å². The molecule has 0 bridgehead atoms. The normalized spacial score (nSPS) is 17.1. The average Bonchev–Trinajstić information content (AvgIpc) is 3.40. The topological polar surface area (TPSA) is 89.0 Å². The Morgan fingerprint density at radius 3 is 2.50 bits per heavy atom. The molecule has 7 nitrogen and oxygen atoms in total. The fourth-order valence-electron chi connectivity index (χ4n) is 4.31. The Balaban J connectivity index is 1.79. The minimum Gasteiger partial charge on any atom is -0.507 e. The summed E-state index contributed by atoms with van der Waals surface area (Å²) in [7, 11) is 2.93. The molecule has 1 amide bonds. The second-order valence-corrected chi connectivity index (χ2v) is 9.24. The molecule has 1 saturated heterocycles. The van der Waals surface area contributed by atoms with Crippen molar-refractivity contribution in [3.05, 3.63) is 88.7 Å². The maximum Gasteiger partial charge on any atom is 0.301 e. The number of carbonyl (C=O) groups is 2. The zero-order chi connectivity index (χ0) is 25.6. The molecule has 0 saturated carbocycles. The molecule has 0 radical (unpaired) electrons. The van der Waals surface area contributed by atoms with Crippen LogP contribution in [0.1, 0.15) is 22.7 Å². The summed E-state index contributed by atoms with van der Waals surface area (Å²) in [6, 6.07) is 15.1. The van der Waals surface area contributed by atoms with E-state index in [-0.39, 0.29) is 16.5 Å². The summed E-state index contributed by atoms with van der Waals surface area (Å²) in [4.78, 5) is 32.6. The first kappa shape index (κ1) is 23.5. The number of hydrogen-bond donors (Lipinski definition) is 1. The Morgan fingerprint density at radius 1 is 1.06 bits per heavy atom. The Hall–Kier alpha value is -4.24. The number of fused-ring (bicyclic) bond motifs is 1. The molecule has 182 valence electrons. The first-order valence-corrected chi connectivity index (χ1v) is 11.8. The Kier molecular flexibility index (Phi) is 5.93. The van der Waals surface area contributed by atoms with Crippen LogP contribution in [0.2, 0.25) is 0 Å². The van der Waals surface area contributed by atoms with Crippen LogP contribution < -0.4 is 14.4 Å². The molecule has 1 aliphatic rings. The fraction of sp³-hybridized carbons (Fsp3) is 0.148. The standard InChI is InChI=1S/C27H21FN2O5S/c1-14-7-9-15(10-8-14)23(31)21-22(17-5-4-6-19(34-2)25(17)35-3)30(26(33)24(21)32)27-29-18-12-11-16(28)13-20(18)36-27/h4-13,22,31H,1-3H3/b23-21+. The van der Waals surface area contributed by atoms with Crippen molar-refractivity contribution >= 4 is 44.1 Å². The summed E-state index contributed by atoms with van der Waals surface area (Å²) < 4.78 is 25.4. The third-order valence-electron chi connectivity index (χ3n) is 6.04. The third-order valence-corrected chi connectivity index (χ3v) is 7.06. The van der Waals surface area contributed by atoms with Gasteiger partial charge in [0.25, 0.3) is 5.78 Å². The van der Waals surface area contributed by atoms with Crippen molar-refractivity contribution < 1.29 is 28.6 Å². The first-order valence-electron chi connectivity index (χ1n) is 11.0. The molecule has 36 heavy (non-hydrogen) atoms. The van der Waals surface area contributed by atoms with Gasteiger partial charge in [0.15, 0.2) is 16.6 Å². The minimum absolute atomic E-state index is 0.110. The molecule has 1 aliphatic heterocycles. The number of benzene rings is 3. The van der Waals surface area contributed by atoms with Gasteiger partial charge in [-0.25, -0.2) is 9.37 Å². The summed E-state index contributed by atoms with van der Waals surface area (Å²) in [5.74, 6) is -1.80. The van der Waals surface area contributed by atoms with Crippen LogP contribution in [0.5, 0.6) is 11.5 Å². The highest BCUT2D eigenvalue weighted by atomic mass is 32.1. The largest absolute Gasteiger partial charge is 0.507 e. The van der Waals surface area contributed by atoms with Crippen molar-refractivity contribution in [2.75, 3.05) is 19.1 Å². The van der Waals surface area contributed by atoms with E-state index in [0.717, 1.165) is 16.9 Å². The van der Waals surface area contributed by atoms with Crippen LogP contribution in [0, 0.1) is 12.7 Å². The number of aromatic nitrogens is 1. The number of aryl methyl sites for hydroxylation is 1. The molecule has 0 aliphatic carbocycles. The lowest BCUT2D eigenvalue weighted by Crippen LogP contribution is -2.29. The highest BCUT2D eigenvalue weighted by Gasteiger charge is 2.49. The number of para-hydroxylation sites is 1. The molecule has 1 aromatic heterocycles. The van der Waals surface area contributed by atoms with E-state index in [4.69, 9.17) is 9.47 Å². The van der Waals surface area contributed by atoms with Crippen LogP contribution in [-0.2, 0) is 9.59 Å². The summed E-state index contributed by atoms with van der Waals surface area (Å²) in [6.45, 7) is 1.90. The number of nitrogens with zero attached hydrogens (tertiary/aromatic N) is 2. The summed E-state index contributed by atoms with van der Waals surface area (Å²) in [5, 5.41) is 11.5. The number of amides is 1. The number of rotatable bonds is 5. The van der Waals surface area contributed by atoms with E-state index >= 15 is 0 Å². The van der Waals surface area contributed by atoms with Gasteiger partial charge < -0.3 is 14.6 Å². The molecular formula is C27H21FN2O5S. The summed E-state index contributed by atoms with van der Waals surface area (Å²) in [5.41, 5.74) is 2.15. The van der Waals surface area contributed by atoms with E-state index in [1.54, 1.807) is 42.5 Å². The van der Waals surface area contributed by atoms with E-state index in [1.807, 2.05) is 6.92 Å². The van der Waals surface area contributed by atoms with Gasteiger partial charge in [0.2, 0.25) is 0 Å². The number of thiazole rings is 1. The van der Waals surface area contributed by atoms with Crippen LogP contribution in [0.25, 0.3) is 16.0 Å². The summed E-state index contributed by atoms with van der Waals surface area (Å²) in [6.07, 6.45) is 0. The second-order valence-electron chi connectivity index (χ2n) is 8.23. The van der Waals surface area contributed by atoms with Gasteiger partial charge >= 0.3 is 5.91 Å². The van der Waals surface area contributed by atoms with Crippen LogP contribution in [0.15, 0.2) is 66.2 Å². The molecule has 4 aromatic rings. The average molecular weight is 505 g/mol. The molecule has 1 atom stereocenters. The number of Topliss-reactive ketones (excluding diaryl/α,β-unsaturated/α-hetero) is 1. The predicted octanol–water partition coefficient (Wildman–Crippen LogP) is 5.39. The van der Waals surface area contributed by atoms with Gasteiger partial charge in [0.05, 0.1) is 30.0 Å². The second kappa shape index (κ2) is 9.09. The third kappa shape index (κ3) is 3.77. The number of ether oxygens (including phenoxy) is 2. The molecule has 1 N–H and O–H groups in total. The van der Waals surface area contributed by atoms with Gasteiger partial charge in [0.1, 0.15) is 17.6 Å². The number of halogens is 1. The number of ketones is 1. The number of hydrogen-bond acceptors (Lipinski definition) is 7. The number of aliphatic hydroxyl groups excluding tert-OH is 1. The Labute approximate surface area is 210 Å². The SMILES string of the molecule is COc1cccc(C2/C(=C(\O)c3ccc(C)cc3)C(=O)C(=O)N2c2nc3ccc(F)cc3s2)c1OC. The van der Waals surface area contributed by atoms with Crippen molar-refractivity contribution in [2.24, 2.45) is 0 Å². The highest BCUT2D eigenvalue weighted by Crippen LogP contribution is 2.48. The van der Waals surface area contributed by atoms with Gasteiger partial charge in [-0.2, -0.15) is 0 Å². The first-order chi connectivity index (χ1) is 17.3. The smallest absolute Gasteiger partial charge is 0.301 e. The Morgan fingerprint density at radius 2 is 1.81 bits per heavy atom. The Bertz CT molecular complexity index is 1540. The fourth-order valence-corrected chi connectivity index (χ4v) is 5.32. The molecule has 0 spiro atoms. The molecule has 5 rings (SSSR count). The number of methoxy groups -OCH3 is 2. The predicted molar refractivity (Wildman–Crippen MR) is 135 cm³/mol. The van der Waals surface area contributed by atoms with Gasteiger partial charge in [-0.05, 0) is 31.2 Å². The van der Waals surface area contributed by atoms with Crippen molar-refractivity contribution in [1.29, 1.82) is 0 Å². The van der Waals surface area contributed by atoms with E-state index in [2.05, 4.69) is 4.98 Å². The maximum absolute atomic E-state index is 13.8. The zero-order valence-corrected chi connectivity index (χ0v) is 20.4. The van der Waals surface area contributed by atoms with Crippen LogP contribution in [-0.4, -0.2) is 36.0 Å². The molecule has 9 heteroatoms. The van der Waals surface area contributed by atoms with E-state index in [9.17, 15) is 19.1 Å². The van der Waals surface area contributed by atoms with Gasteiger partial charge in [-0.1, -0.05) is 53.3 Å². The molecule has 1 unspecified atom stereocenters. The van der Waals surface area contributed by atoms with Crippen LogP contribution in [0.4, 0.5) is 9.52 Å². The lowest BCUT2D eigenvalue weighted by Gasteiger charge is -2.25. The van der Waals surface area contributed by atoms with E-state index < -0.39 is 23.5 Å². The van der Waals surface area contributed by atoms with Crippen molar-refractivity contribution in [3.8, 4) is 11.5 Å². The number of carbonyl (C=O) groups excluding carboxylic acids is 2.